The maximum Gasteiger partial charge on any atom is 0.167 e. The van der Waals surface area contributed by atoms with Crippen LogP contribution in [0, 0.1) is 6.92 Å². The van der Waals surface area contributed by atoms with Gasteiger partial charge in [-0.05, 0) is 24.6 Å². The molecule has 0 bridgehead atoms. The first-order valence-electron chi connectivity index (χ1n) is 8.43. The van der Waals surface area contributed by atoms with Crippen LogP contribution in [0.2, 0.25) is 0 Å². The van der Waals surface area contributed by atoms with E-state index in [1.54, 1.807) is 6.33 Å². The molecule has 0 spiro atoms. The zero-order valence-corrected chi connectivity index (χ0v) is 14.4. The lowest BCUT2D eigenvalue weighted by molar-refractivity contribution is 0.450. The summed E-state index contributed by atoms with van der Waals surface area (Å²) >= 11 is 0. The van der Waals surface area contributed by atoms with Crippen LogP contribution < -0.4 is 11.1 Å². The number of anilines is 1. The summed E-state index contributed by atoms with van der Waals surface area (Å²) in [6.45, 7) is 2.51. The minimum absolute atomic E-state index is 0.108. The van der Waals surface area contributed by atoms with Crippen molar-refractivity contribution in [2.24, 2.45) is 5.73 Å². The van der Waals surface area contributed by atoms with Crippen LogP contribution in [-0.2, 0) is 0 Å². The number of fused-ring (bicyclic) bond motifs is 1. The Labute approximate surface area is 151 Å². The van der Waals surface area contributed by atoms with Gasteiger partial charge in [-0.3, -0.25) is 0 Å². The van der Waals surface area contributed by atoms with Gasteiger partial charge in [0.1, 0.15) is 12.1 Å². The molecule has 130 valence electrons. The van der Waals surface area contributed by atoms with Crippen molar-refractivity contribution in [2.45, 2.75) is 13.0 Å². The molecule has 2 aromatic heterocycles. The van der Waals surface area contributed by atoms with E-state index in [0.29, 0.717) is 6.54 Å². The average Bonchev–Trinajstić information content (AvgIpc) is 3.07. The van der Waals surface area contributed by atoms with Gasteiger partial charge in [-0.25, -0.2) is 9.97 Å². The molecule has 0 aliphatic heterocycles. The number of aryl methyl sites for hydroxylation is 1. The fourth-order valence-electron chi connectivity index (χ4n) is 2.87. The van der Waals surface area contributed by atoms with Crippen molar-refractivity contribution < 1.29 is 4.52 Å². The van der Waals surface area contributed by atoms with Gasteiger partial charge in [0.2, 0.25) is 0 Å². The fraction of sp³-hybridized carbons (Fsp3) is 0.150. The van der Waals surface area contributed by atoms with Gasteiger partial charge in [0.05, 0.1) is 11.4 Å². The molecule has 6 heteroatoms. The number of hydrogen-bond donors (Lipinski definition) is 2. The first-order chi connectivity index (χ1) is 12.7. The van der Waals surface area contributed by atoms with Gasteiger partial charge in [-0.2, -0.15) is 0 Å². The summed E-state index contributed by atoms with van der Waals surface area (Å²) in [5.74, 6) is 0.732. The highest BCUT2D eigenvalue weighted by Gasteiger charge is 2.09. The molecule has 2 heterocycles. The van der Waals surface area contributed by atoms with Crippen LogP contribution in [0.15, 0.2) is 65.4 Å². The number of nitrogens with one attached hydrogen (secondary N) is 1. The van der Waals surface area contributed by atoms with Crippen LogP contribution in [0.1, 0.15) is 17.3 Å². The molecule has 1 atom stereocenters. The van der Waals surface area contributed by atoms with E-state index in [1.807, 2.05) is 61.5 Å². The minimum atomic E-state index is -0.108. The minimum Gasteiger partial charge on any atom is -0.368 e. The molecule has 2 aromatic carbocycles. The van der Waals surface area contributed by atoms with Gasteiger partial charge >= 0.3 is 0 Å². The highest BCUT2D eigenvalue weighted by molar-refractivity contribution is 5.84. The predicted octanol–water partition coefficient (Wildman–Crippen LogP) is 3.71. The Hall–Kier alpha value is -3.25. The van der Waals surface area contributed by atoms with Crippen molar-refractivity contribution in [1.29, 1.82) is 0 Å². The van der Waals surface area contributed by atoms with Gasteiger partial charge in [-0.15, -0.1) is 0 Å². The van der Waals surface area contributed by atoms with Crippen molar-refractivity contribution in [2.75, 3.05) is 11.9 Å². The average molecular weight is 345 g/mol. The second kappa shape index (κ2) is 6.93. The molecule has 0 radical (unpaired) electrons. The second-order valence-electron chi connectivity index (χ2n) is 6.17. The maximum atomic E-state index is 6.23. The molecule has 0 aliphatic carbocycles. The summed E-state index contributed by atoms with van der Waals surface area (Å²) in [6, 6.07) is 17.7. The third-order valence-corrected chi connectivity index (χ3v) is 4.35. The van der Waals surface area contributed by atoms with E-state index in [9.17, 15) is 0 Å². The molecule has 26 heavy (non-hydrogen) atoms. The molecule has 0 fully saturated rings. The van der Waals surface area contributed by atoms with E-state index in [2.05, 4.69) is 20.4 Å². The summed E-state index contributed by atoms with van der Waals surface area (Å²) in [5, 5.41) is 8.28. The third kappa shape index (κ3) is 3.27. The Morgan fingerprint density at radius 2 is 1.92 bits per heavy atom. The molecule has 3 N–H and O–H groups in total. The van der Waals surface area contributed by atoms with E-state index in [1.165, 1.54) is 0 Å². The zero-order valence-electron chi connectivity index (χ0n) is 14.4. The Morgan fingerprint density at radius 3 is 2.77 bits per heavy atom. The normalized spacial score (nSPS) is 12.2. The Kier molecular flexibility index (Phi) is 4.33. The molecule has 0 unspecified atom stereocenters. The Bertz CT molecular complexity index is 1030. The van der Waals surface area contributed by atoms with Gasteiger partial charge in [0.25, 0.3) is 0 Å². The number of nitrogens with two attached hydrogens (primary N) is 1. The Balaban J connectivity index is 1.52. The van der Waals surface area contributed by atoms with E-state index in [0.717, 1.165) is 39.3 Å². The lowest BCUT2D eigenvalue weighted by Gasteiger charge is -2.13. The van der Waals surface area contributed by atoms with E-state index in [-0.39, 0.29) is 6.04 Å². The van der Waals surface area contributed by atoms with Crippen molar-refractivity contribution in [3.05, 3.63) is 72.2 Å². The van der Waals surface area contributed by atoms with Gasteiger partial charge in [-0.1, -0.05) is 41.6 Å². The third-order valence-electron chi connectivity index (χ3n) is 4.35. The first kappa shape index (κ1) is 16.2. The van der Waals surface area contributed by atoms with Crippen LogP contribution >= 0.6 is 0 Å². The summed E-state index contributed by atoms with van der Waals surface area (Å²) in [4.78, 5) is 8.65. The number of benzene rings is 2. The van der Waals surface area contributed by atoms with Crippen LogP contribution in [-0.4, -0.2) is 21.7 Å². The molecule has 6 nitrogen and oxygen atoms in total. The lowest BCUT2D eigenvalue weighted by Crippen LogP contribution is -2.20. The number of hydrogen-bond acceptors (Lipinski definition) is 6. The van der Waals surface area contributed by atoms with Gasteiger partial charge in [0.15, 0.2) is 5.58 Å². The topological polar surface area (TPSA) is 89.9 Å². The van der Waals surface area contributed by atoms with Crippen molar-refractivity contribution in [1.82, 2.24) is 15.1 Å². The molecule has 4 aromatic rings. The zero-order chi connectivity index (χ0) is 17.9. The summed E-state index contributed by atoms with van der Waals surface area (Å²) in [7, 11) is 0. The van der Waals surface area contributed by atoms with Crippen LogP contribution in [0.25, 0.3) is 22.2 Å². The fourth-order valence-corrected chi connectivity index (χ4v) is 2.87. The van der Waals surface area contributed by atoms with Gasteiger partial charge in [0, 0.05) is 29.6 Å². The van der Waals surface area contributed by atoms with E-state index >= 15 is 0 Å². The van der Waals surface area contributed by atoms with Crippen molar-refractivity contribution >= 4 is 16.8 Å². The lowest BCUT2D eigenvalue weighted by atomic mass is 10.1. The molecule has 0 saturated heterocycles. The highest BCUT2D eigenvalue weighted by Crippen LogP contribution is 2.25. The van der Waals surface area contributed by atoms with E-state index < -0.39 is 0 Å². The first-order valence-corrected chi connectivity index (χ1v) is 8.43. The maximum absolute atomic E-state index is 6.23. The van der Waals surface area contributed by atoms with Gasteiger partial charge < -0.3 is 15.6 Å². The number of rotatable bonds is 5. The smallest absolute Gasteiger partial charge is 0.167 e. The highest BCUT2D eigenvalue weighted by atomic mass is 16.5. The molecule has 0 amide bonds. The molecule has 0 aliphatic rings. The summed E-state index contributed by atoms with van der Waals surface area (Å²) in [6.07, 6.45) is 1.54. The molecule has 4 rings (SSSR count). The predicted molar refractivity (Wildman–Crippen MR) is 102 cm³/mol. The van der Waals surface area contributed by atoms with Crippen LogP contribution in [0.3, 0.4) is 0 Å². The van der Waals surface area contributed by atoms with Crippen molar-refractivity contribution in [3.63, 3.8) is 0 Å². The molecule has 0 saturated carbocycles. The quantitative estimate of drug-likeness (QED) is 0.573. The molecular formula is C20H19N5O. The second-order valence-corrected chi connectivity index (χ2v) is 6.17. The van der Waals surface area contributed by atoms with Crippen molar-refractivity contribution in [3.8, 4) is 11.3 Å². The largest absolute Gasteiger partial charge is 0.368 e. The monoisotopic (exact) mass is 345 g/mol. The van der Waals surface area contributed by atoms with E-state index in [4.69, 9.17) is 10.3 Å². The van der Waals surface area contributed by atoms with Crippen LogP contribution in [0.4, 0.5) is 5.82 Å². The SMILES string of the molecule is Cc1noc2cc(-c3cc(NC[C@H](N)c4ccccc4)ncn3)ccc12. The standard InChI is InChI=1S/C20H19N5O/c1-13-16-8-7-15(9-19(16)26-25-13)18-10-20(24-12-23-18)22-11-17(21)14-5-3-2-4-6-14/h2-10,12,17H,11,21H2,1H3,(H,22,23,24)/t17-/m0/s1. The number of nitrogens with zero attached hydrogens (tertiary/aromatic N) is 3. The summed E-state index contributed by atoms with van der Waals surface area (Å²) < 4.78 is 5.34. The Morgan fingerprint density at radius 1 is 1.08 bits per heavy atom. The number of aromatic nitrogens is 3. The summed E-state index contributed by atoms with van der Waals surface area (Å²) in [5.41, 5.74) is 10.7. The molecular weight excluding hydrogens is 326 g/mol. The van der Waals surface area contributed by atoms with Crippen LogP contribution in [0.5, 0.6) is 0 Å².